The number of ether oxygens (including phenoxy) is 2. The molecule has 0 aliphatic carbocycles. The minimum Gasteiger partial charge on any atom is -0.381 e. The fourth-order valence-corrected chi connectivity index (χ4v) is 5.17. The summed E-state index contributed by atoms with van der Waals surface area (Å²) in [4.78, 5) is 15.7. The number of nitrogens with zero attached hydrogens (tertiary/aromatic N) is 1. The average molecular weight is 479 g/mol. The van der Waals surface area contributed by atoms with E-state index in [1.807, 2.05) is 6.92 Å². The molecular weight excluding hydrogens is 450 g/mol. The van der Waals surface area contributed by atoms with Gasteiger partial charge in [-0.3, -0.25) is 9.69 Å². The number of carbonyl (C=O) groups excluding carboxylic acids is 1. The summed E-state index contributed by atoms with van der Waals surface area (Å²) in [6, 6.07) is 10.3. The van der Waals surface area contributed by atoms with E-state index in [2.05, 4.69) is 10.2 Å². The maximum absolute atomic E-state index is 14.9. The molecule has 1 amide bonds. The van der Waals surface area contributed by atoms with Crippen LogP contribution in [-0.4, -0.2) is 56.4 Å². The van der Waals surface area contributed by atoms with Gasteiger partial charge in [-0.25, -0.2) is 8.78 Å². The molecule has 2 unspecified atom stereocenters. The minimum atomic E-state index is -0.901. The lowest BCUT2D eigenvalue weighted by Crippen LogP contribution is -2.51. The lowest BCUT2D eigenvalue weighted by molar-refractivity contribution is -0.131. The molecule has 2 aliphatic rings. The number of nitrogens with one attached hydrogen (secondary N) is 1. The molecule has 2 saturated heterocycles. The summed E-state index contributed by atoms with van der Waals surface area (Å²) in [7, 11) is 0. The molecule has 0 aromatic heterocycles. The van der Waals surface area contributed by atoms with Crippen molar-refractivity contribution >= 4 is 17.5 Å². The highest BCUT2D eigenvalue weighted by Gasteiger charge is 2.42. The van der Waals surface area contributed by atoms with E-state index in [0.717, 1.165) is 0 Å². The zero-order chi connectivity index (χ0) is 23.4. The van der Waals surface area contributed by atoms with Crippen LogP contribution in [0.4, 0.5) is 8.78 Å². The van der Waals surface area contributed by atoms with Crippen LogP contribution >= 0.6 is 11.6 Å². The van der Waals surface area contributed by atoms with E-state index in [1.54, 1.807) is 24.3 Å². The third-order valence-electron chi connectivity index (χ3n) is 6.66. The van der Waals surface area contributed by atoms with Crippen LogP contribution < -0.4 is 5.32 Å². The van der Waals surface area contributed by atoms with E-state index in [9.17, 15) is 13.6 Å². The number of halogens is 3. The average Bonchev–Trinajstić information content (AvgIpc) is 2.81. The van der Waals surface area contributed by atoms with Gasteiger partial charge < -0.3 is 14.8 Å². The molecule has 33 heavy (non-hydrogen) atoms. The minimum absolute atomic E-state index is 0.0170. The van der Waals surface area contributed by atoms with Gasteiger partial charge in [0.15, 0.2) is 0 Å². The van der Waals surface area contributed by atoms with Crippen LogP contribution in [-0.2, 0) is 19.7 Å². The lowest BCUT2D eigenvalue weighted by atomic mass is 9.73. The van der Waals surface area contributed by atoms with E-state index in [1.165, 1.54) is 18.2 Å². The number of carbonyl (C=O) groups is 1. The molecule has 2 aromatic carbocycles. The first-order chi connectivity index (χ1) is 15.9. The fraction of sp³-hybridized carbons (Fsp3) is 0.480. The number of rotatable bonds is 6. The van der Waals surface area contributed by atoms with Gasteiger partial charge in [0.2, 0.25) is 5.91 Å². The summed E-state index contributed by atoms with van der Waals surface area (Å²) in [5.74, 6) is -1.01. The predicted molar refractivity (Wildman–Crippen MR) is 122 cm³/mol. The second-order valence-corrected chi connectivity index (χ2v) is 9.15. The van der Waals surface area contributed by atoms with Crippen molar-refractivity contribution in [3.05, 3.63) is 70.2 Å². The van der Waals surface area contributed by atoms with Crippen LogP contribution in [0.3, 0.4) is 0 Å². The molecule has 2 heterocycles. The van der Waals surface area contributed by atoms with Gasteiger partial charge in [-0.15, -0.1) is 0 Å². The Morgan fingerprint density at radius 2 is 1.97 bits per heavy atom. The van der Waals surface area contributed by atoms with Crippen LogP contribution in [0.5, 0.6) is 0 Å². The van der Waals surface area contributed by atoms with E-state index in [-0.39, 0.29) is 24.4 Å². The molecule has 2 atom stereocenters. The topological polar surface area (TPSA) is 50.8 Å². The monoisotopic (exact) mass is 478 g/mol. The fourth-order valence-electron chi connectivity index (χ4n) is 4.88. The molecule has 8 heteroatoms. The van der Waals surface area contributed by atoms with E-state index in [0.29, 0.717) is 61.9 Å². The maximum Gasteiger partial charge on any atom is 0.230 e. The highest BCUT2D eigenvalue weighted by molar-refractivity contribution is 6.31. The Kier molecular flexibility index (Phi) is 7.64. The molecule has 0 saturated carbocycles. The Hall–Kier alpha value is -2.06. The maximum atomic E-state index is 14.9. The normalized spacial score (nSPS) is 22.0. The first-order valence-electron chi connectivity index (χ1n) is 11.3. The van der Waals surface area contributed by atoms with Crippen molar-refractivity contribution < 1.29 is 23.0 Å². The Bertz CT molecular complexity index is 964. The third kappa shape index (κ3) is 5.22. The summed E-state index contributed by atoms with van der Waals surface area (Å²) in [6.45, 7) is 4.66. The van der Waals surface area contributed by atoms with Crippen molar-refractivity contribution in [2.45, 2.75) is 37.3 Å². The Labute approximate surface area is 198 Å². The molecule has 1 N–H and O–H groups in total. The number of morpholine rings is 1. The van der Waals surface area contributed by atoms with Crippen LogP contribution in [0.1, 0.15) is 36.9 Å². The van der Waals surface area contributed by atoms with Gasteiger partial charge in [0.05, 0.1) is 24.2 Å². The summed E-state index contributed by atoms with van der Waals surface area (Å²) in [5.41, 5.74) is 0.0894. The van der Waals surface area contributed by atoms with Crippen molar-refractivity contribution in [2.24, 2.45) is 0 Å². The number of benzene rings is 2. The van der Waals surface area contributed by atoms with Crippen molar-refractivity contribution in [2.75, 3.05) is 39.5 Å². The molecule has 5 nitrogen and oxygen atoms in total. The first kappa shape index (κ1) is 24.1. The number of hydrogen-bond donors (Lipinski definition) is 1. The lowest BCUT2D eigenvalue weighted by Gasteiger charge is -2.40. The summed E-state index contributed by atoms with van der Waals surface area (Å²) in [5, 5.41) is 3.37. The number of hydrogen-bond acceptors (Lipinski definition) is 4. The van der Waals surface area contributed by atoms with Gasteiger partial charge in [-0.05, 0) is 49.6 Å². The molecule has 0 bridgehead atoms. The Balaban J connectivity index is 1.61. The van der Waals surface area contributed by atoms with Crippen LogP contribution in [0, 0.1) is 11.6 Å². The van der Waals surface area contributed by atoms with E-state index in [4.69, 9.17) is 21.1 Å². The third-order valence-corrected chi connectivity index (χ3v) is 6.99. The van der Waals surface area contributed by atoms with E-state index >= 15 is 0 Å². The number of amides is 1. The molecule has 2 aromatic rings. The molecule has 4 rings (SSSR count). The quantitative estimate of drug-likeness (QED) is 0.674. The predicted octanol–water partition coefficient (Wildman–Crippen LogP) is 4.24. The first-order valence-corrected chi connectivity index (χ1v) is 11.7. The zero-order valence-corrected chi connectivity index (χ0v) is 19.4. The molecule has 0 spiro atoms. The second kappa shape index (κ2) is 10.5. The highest BCUT2D eigenvalue weighted by Crippen LogP contribution is 2.36. The summed E-state index contributed by atoms with van der Waals surface area (Å²) >= 11 is 6.42. The van der Waals surface area contributed by atoms with Gasteiger partial charge in [-0.1, -0.05) is 29.8 Å². The van der Waals surface area contributed by atoms with Gasteiger partial charge in [0.1, 0.15) is 11.6 Å². The van der Waals surface area contributed by atoms with Crippen molar-refractivity contribution in [3.63, 3.8) is 0 Å². The molecule has 178 valence electrons. The van der Waals surface area contributed by atoms with Crippen molar-refractivity contribution in [3.8, 4) is 0 Å². The van der Waals surface area contributed by atoms with E-state index < -0.39 is 17.3 Å². The summed E-state index contributed by atoms with van der Waals surface area (Å²) < 4.78 is 40.1. The molecule has 2 fully saturated rings. The van der Waals surface area contributed by atoms with Crippen molar-refractivity contribution in [1.82, 2.24) is 10.2 Å². The highest BCUT2D eigenvalue weighted by atomic mass is 35.5. The van der Waals surface area contributed by atoms with Crippen LogP contribution in [0.25, 0.3) is 0 Å². The van der Waals surface area contributed by atoms with Gasteiger partial charge in [0.25, 0.3) is 0 Å². The second-order valence-electron chi connectivity index (χ2n) is 8.74. The Morgan fingerprint density at radius 1 is 1.21 bits per heavy atom. The van der Waals surface area contributed by atoms with Crippen LogP contribution in [0.2, 0.25) is 5.02 Å². The Morgan fingerprint density at radius 3 is 2.67 bits per heavy atom. The van der Waals surface area contributed by atoms with Crippen molar-refractivity contribution in [1.29, 1.82) is 0 Å². The largest absolute Gasteiger partial charge is 0.381 e. The zero-order valence-electron chi connectivity index (χ0n) is 18.7. The van der Waals surface area contributed by atoms with Gasteiger partial charge in [-0.2, -0.15) is 0 Å². The molecule has 0 radical (unpaired) electrons. The smallest absolute Gasteiger partial charge is 0.230 e. The van der Waals surface area contributed by atoms with Gasteiger partial charge in [0, 0.05) is 43.4 Å². The summed E-state index contributed by atoms with van der Waals surface area (Å²) in [6.07, 6.45) is 0.876. The SMILES string of the molecule is CC1CN(C(CNC(=O)C2(c3cccc(F)c3)CCOCC2)c2c(F)cccc2Cl)CCO1. The van der Waals surface area contributed by atoms with Gasteiger partial charge >= 0.3 is 0 Å². The standard InChI is InChI=1S/C25H29ClF2N2O3/c1-17-16-30(10-13-33-17)22(23-20(26)6-3-7-21(23)28)15-29-24(31)25(8-11-32-12-9-25)18-4-2-5-19(27)14-18/h2-7,14,17,22H,8-13,15-16H2,1H3,(H,29,31). The molecular formula is C25H29ClF2N2O3. The van der Waals surface area contributed by atoms with Crippen LogP contribution in [0.15, 0.2) is 42.5 Å². The molecule has 2 aliphatic heterocycles.